The number of aryl methyl sites for hydroxylation is 1. The number of hydrazone groups is 1. The molecule has 0 saturated carbocycles. The molecule has 0 fully saturated rings. The van der Waals surface area contributed by atoms with Crippen LogP contribution in [0.5, 0.6) is 0 Å². The summed E-state index contributed by atoms with van der Waals surface area (Å²) in [4.78, 5) is 18.8. The van der Waals surface area contributed by atoms with Crippen molar-refractivity contribution in [1.29, 1.82) is 0 Å². The number of nitrogens with one attached hydrogen (secondary N) is 3. The Morgan fingerprint density at radius 3 is 2.92 bits per heavy atom. The number of rotatable bonds is 3. The monoisotopic (exact) mass is 316 g/mol. The van der Waals surface area contributed by atoms with E-state index in [0.717, 1.165) is 33.1 Å². The quantitative estimate of drug-likeness (QED) is 0.391. The van der Waals surface area contributed by atoms with Gasteiger partial charge in [-0.2, -0.15) is 5.10 Å². The van der Waals surface area contributed by atoms with Crippen molar-refractivity contribution in [3.63, 3.8) is 0 Å². The lowest BCUT2D eigenvalue weighted by molar-refractivity contribution is 0.0956. The Kier molecular flexibility index (Phi) is 3.39. The van der Waals surface area contributed by atoms with Crippen molar-refractivity contribution < 1.29 is 4.79 Å². The van der Waals surface area contributed by atoms with Crippen LogP contribution in [-0.2, 0) is 0 Å². The Bertz CT molecular complexity index is 1070. The van der Waals surface area contributed by atoms with E-state index in [0.29, 0.717) is 5.56 Å². The zero-order chi connectivity index (χ0) is 16.5. The topological polar surface area (TPSA) is 73.0 Å². The van der Waals surface area contributed by atoms with E-state index in [4.69, 9.17) is 0 Å². The van der Waals surface area contributed by atoms with Crippen molar-refractivity contribution in [2.45, 2.75) is 6.92 Å². The van der Waals surface area contributed by atoms with Gasteiger partial charge in [0.05, 0.1) is 17.3 Å². The van der Waals surface area contributed by atoms with Crippen molar-refractivity contribution in [1.82, 2.24) is 15.4 Å². The lowest BCUT2D eigenvalue weighted by Gasteiger charge is -2.01. The highest BCUT2D eigenvalue weighted by Gasteiger charge is 2.10. The Hall–Kier alpha value is -3.34. The number of aromatic amines is 2. The first kappa shape index (κ1) is 14.3. The van der Waals surface area contributed by atoms with Crippen molar-refractivity contribution >= 4 is 33.9 Å². The lowest BCUT2D eigenvalue weighted by atomic mass is 10.1. The zero-order valence-corrected chi connectivity index (χ0v) is 13.1. The van der Waals surface area contributed by atoms with Crippen LogP contribution in [0, 0.1) is 6.92 Å². The lowest BCUT2D eigenvalue weighted by Crippen LogP contribution is -2.18. The van der Waals surface area contributed by atoms with Gasteiger partial charge >= 0.3 is 0 Å². The number of aromatic nitrogens is 2. The van der Waals surface area contributed by atoms with Crippen LogP contribution in [0.4, 0.5) is 0 Å². The van der Waals surface area contributed by atoms with E-state index >= 15 is 0 Å². The minimum Gasteiger partial charge on any atom is -0.361 e. The summed E-state index contributed by atoms with van der Waals surface area (Å²) in [6.45, 7) is 1.99. The maximum Gasteiger partial charge on any atom is 0.273 e. The van der Waals surface area contributed by atoms with Crippen LogP contribution in [0.3, 0.4) is 0 Å². The number of carbonyl (C=O) groups excluding carboxylic acids is 1. The third-order valence-corrected chi connectivity index (χ3v) is 4.14. The molecule has 0 saturated heterocycles. The number of hydrogen-bond donors (Lipinski definition) is 3. The molecule has 24 heavy (non-hydrogen) atoms. The highest BCUT2D eigenvalue weighted by Crippen LogP contribution is 2.20. The number of fused-ring (bicyclic) bond motifs is 2. The van der Waals surface area contributed by atoms with Crippen molar-refractivity contribution in [2.75, 3.05) is 0 Å². The van der Waals surface area contributed by atoms with Crippen LogP contribution >= 0.6 is 0 Å². The van der Waals surface area contributed by atoms with Gasteiger partial charge in [0.25, 0.3) is 5.91 Å². The highest BCUT2D eigenvalue weighted by molar-refractivity contribution is 6.06. The van der Waals surface area contributed by atoms with E-state index < -0.39 is 0 Å². The van der Waals surface area contributed by atoms with Gasteiger partial charge in [0.15, 0.2) is 0 Å². The smallest absolute Gasteiger partial charge is 0.273 e. The van der Waals surface area contributed by atoms with Gasteiger partial charge in [-0.1, -0.05) is 30.3 Å². The molecule has 2 heterocycles. The number of carbonyl (C=O) groups is 1. The van der Waals surface area contributed by atoms with Crippen LogP contribution in [-0.4, -0.2) is 22.1 Å². The predicted molar refractivity (Wildman–Crippen MR) is 96.4 cm³/mol. The number of benzene rings is 2. The molecule has 1 amide bonds. The maximum atomic E-state index is 12.4. The molecule has 0 spiro atoms. The molecule has 4 rings (SSSR count). The van der Waals surface area contributed by atoms with Crippen LogP contribution in [0.2, 0.25) is 0 Å². The summed E-state index contributed by atoms with van der Waals surface area (Å²) in [6, 6.07) is 15.5. The fourth-order valence-corrected chi connectivity index (χ4v) is 2.95. The summed E-state index contributed by atoms with van der Waals surface area (Å²) in [6.07, 6.45) is 3.50. The number of nitrogens with zero attached hydrogens (tertiary/aromatic N) is 1. The standard InChI is InChI=1S/C19H16N4O/c1-12-16(14-6-2-3-8-17(14)22-12)11-21-23-19(24)15-7-4-5-13-9-10-20-18(13)15/h2-11,20,22H,1H3,(H,23,24)/b21-11-. The number of hydrogen-bond acceptors (Lipinski definition) is 2. The van der Waals surface area contributed by atoms with Crippen molar-refractivity contribution in [2.24, 2.45) is 5.10 Å². The molecule has 0 atom stereocenters. The molecule has 2 aromatic heterocycles. The second-order valence-electron chi connectivity index (χ2n) is 5.66. The molecule has 0 aliphatic rings. The van der Waals surface area contributed by atoms with Crippen molar-refractivity contribution in [3.8, 4) is 0 Å². The van der Waals surface area contributed by atoms with Crippen LogP contribution < -0.4 is 5.43 Å². The molecule has 2 aromatic carbocycles. The van der Waals surface area contributed by atoms with Crippen LogP contribution in [0.25, 0.3) is 21.8 Å². The fourth-order valence-electron chi connectivity index (χ4n) is 2.95. The normalized spacial score (nSPS) is 11.5. The van der Waals surface area contributed by atoms with Gasteiger partial charge in [-0.3, -0.25) is 4.79 Å². The minimum atomic E-state index is -0.239. The summed E-state index contributed by atoms with van der Waals surface area (Å²) >= 11 is 0. The fraction of sp³-hybridized carbons (Fsp3) is 0.0526. The Labute approximate surface area is 138 Å². The molecule has 0 unspecified atom stereocenters. The molecular weight excluding hydrogens is 300 g/mol. The first-order valence-corrected chi connectivity index (χ1v) is 7.71. The molecule has 0 aliphatic carbocycles. The second-order valence-corrected chi connectivity index (χ2v) is 5.66. The SMILES string of the molecule is Cc1[nH]c2ccccc2c1/C=N\NC(=O)c1cccc2cc[nH]c12. The average molecular weight is 316 g/mol. The second kappa shape index (κ2) is 5.70. The van der Waals surface area contributed by atoms with E-state index in [2.05, 4.69) is 20.5 Å². The van der Waals surface area contributed by atoms with Gasteiger partial charge in [0, 0.05) is 33.7 Å². The molecule has 5 nitrogen and oxygen atoms in total. The van der Waals surface area contributed by atoms with Gasteiger partial charge in [-0.25, -0.2) is 5.43 Å². The zero-order valence-electron chi connectivity index (χ0n) is 13.1. The third kappa shape index (κ3) is 2.36. The number of H-pyrrole nitrogens is 2. The highest BCUT2D eigenvalue weighted by atomic mass is 16.2. The van der Waals surface area contributed by atoms with Crippen LogP contribution in [0.1, 0.15) is 21.6 Å². The molecule has 0 bridgehead atoms. The molecule has 4 aromatic rings. The maximum absolute atomic E-state index is 12.4. The third-order valence-electron chi connectivity index (χ3n) is 4.14. The predicted octanol–water partition coefficient (Wildman–Crippen LogP) is 3.72. The summed E-state index contributed by atoms with van der Waals surface area (Å²) < 4.78 is 0. The first-order valence-electron chi connectivity index (χ1n) is 7.71. The molecule has 5 heteroatoms. The van der Waals surface area contributed by atoms with Crippen LogP contribution in [0.15, 0.2) is 59.8 Å². The van der Waals surface area contributed by atoms with E-state index in [-0.39, 0.29) is 5.91 Å². The number of para-hydroxylation sites is 2. The minimum absolute atomic E-state index is 0.239. The van der Waals surface area contributed by atoms with Crippen molar-refractivity contribution in [3.05, 3.63) is 71.5 Å². The summed E-state index contributed by atoms with van der Waals surface area (Å²) in [7, 11) is 0. The summed E-state index contributed by atoms with van der Waals surface area (Å²) in [5.74, 6) is -0.239. The average Bonchev–Trinajstić information content (AvgIpc) is 3.19. The van der Waals surface area contributed by atoms with E-state index in [1.54, 1.807) is 12.3 Å². The van der Waals surface area contributed by atoms with E-state index in [1.807, 2.05) is 55.6 Å². The van der Waals surface area contributed by atoms with Gasteiger partial charge < -0.3 is 9.97 Å². The Morgan fingerprint density at radius 2 is 2.00 bits per heavy atom. The molecule has 0 aliphatic heterocycles. The molecule has 0 radical (unpaired) electrons. The number of amides is 1. The Morgan fingerprint density at radius 1 is 1.12 bits per heavy atom. The first-order chi connectivity index (χ1) is 11.7. The van der Waals surface area contributed by atoms with Gasteiger partial charge in [0.1, 0.15) is 0 Å². The van der Waals surface area contributed by atoms with E-state index in [1.165, 1.54) is 0 Å². The summed E-state index contributed by atoms with van der Waals surface area (Å²) in [5.41, 5.74) is 7.04. The molecule has 3 N–H and O–H groups in total. The largest absolute Gasteiger partial charge is 0.361 e. The van der Waals surface area contributed by atoms with Gasteiger partial charge in [-0.05, 0) is 25.1 Å². The van der Waals surface area contributed by atoms with Gasteiger partial charge in [-0.15, -0.1) is 0 Å². The molecular formula is C19H16N4O. The molecule has 118 valence electrons. The Balaban J connectivity index is 1.60. The summed E-state index contributed by atoms with van der Waals surface area (Å²) in [5, 5.41) is 6.22. The van der Waals surface area contributed by atoms with E-state index in [9.17, 15) is 4.79 Å². The van der Waals surface area contributed by atoms with Gasteiger partial charge in [0.2, 0.25) is 0 Å².